The monoisotopic (exact) mass is 399 g/mol. The van der Waals surface area contributed by atoms with Crippen LogP contribution in [-0.2, 0) is 0 Å². The summed E-state index contributed by atoms with van der Waals surface area (Å²) in [5.74, 6) is 0. The average Bonchev–Trinajstić information content (AvgIpc) is 2.69. The second kappa shape index (κ2) is 29.1. The van der Waals surface area contributed by atoms with Gasteiger partial charge in [-0.3, -0.25) is 0 Å². The molecule has 0 aliphatic carbocycles. The minimum Gasteiger partial charge on any atom is -0.397 e. The summed E-state index contributed by atoms with van der Waals surface area (Å²) in [4.78, 5) is 2.79. The van der Waals surface area contributed by atoms with Crippen LogP contribution in [0, 0.1) is 0 Å². The van der Waals surface area contributed by atoms with E-state index >= 15 is 0 Å². The third-order valence-corrected chi connectivity index (χ3v) is 5.48. The van der Waals surface area contributed by atoms with Gasteiger partial charge in [0.15, 0.2) is 0 Å². The Balaban J connectivity index is 0. The molecule has 0 saturated carbocycles. The molecule has 28 heavy (non-hydrogen) atoms. The molecule has 1 N–H and O–H groups in total. The van der Waals surface area contributed by atoms with E-state index in [4.69, 9.17) is 5.11 Å². The molecule has 2 nitrogen and oxygen atoms in total. The van der Waals surface area contributed by atoms with Crippen molar-refractivity contribution in [3.8, 4) is 0 Å². The summed E-state index contributed by atoms with van der Waals surface area (Å²) in [7, 11) is 0. The predicted molar refractivity (Wildman–Crippen MR) is 129 cm³/mol. The Bertz CT molecular complexity index is 207. The van der Waals surface area contributed by atoms with E-state index in [0.717, 1.165) is 0 Å². The zero-order valence-electron chi connectivity index (χ0n) is 20.5. The van der Waals surface area contributed by atoms with Crippen LogP contribution in [0.25, 0.3) is 0 Å². The summed E-state index contributed by atoms with van der Waals surface area (Å²) in [5, 5.41) is 7.57. The lowest BCUT2D eigenvalue weighted by Crippen LogP contribution is -2.27. The van der Waals surface area contributed by atoms with Crippen LogP contribution < -0.4 is 0 Å². The molecule has 0 aromatic heterocycles. The topological polar surface area (TPSA) is 23.5 Å². The molecule has 172 valence electrons. The Labute approximate surface area is 179 Å². The van der Waals surface area contributed by atoms with Crippen molar-refractivity contribution < 1.29 is 5.11 Å². The van der Waals surface area contributed by atoms with Crippen molar-refractivity contribution >= 4 is 0 Å². The quantitative estimate of drug-likeness (QED) is 0.196. The SMILES string of the molecule is CCCCCCCCN(CCCCCCCC)CCCCCCCC.CCO. The van der Waals surface area contributed by atoms with E-state index in [1.807, 2.05) is 0 Å². The summed E-state index contributed by atoms with van der Waals surface area (Å²) in [6.45, 7) is 12.9. The minimum atomic E-state index is 0.250. The molecule has 0 bridgehead atoms. The number of rotatable bonds is 21. The fourth-order valence-electron chi connectivity index (χ4n) is 3.68. The van der Waals surface area contributed by atoms with Crippen LogP contribution >= 0.6 is 0 Å². The standard InChI is InChI=1S/C24H51N.C2H6O/c1-4-7-10-13-16-19-22-25(23-20-17-14-11-8-5-2)24-21-18-15-12-9-6-3;1-2-3/h4-24H2,1-3H3;3H,2H2,1H3. The van der Waals surface area contributed by atoms with Crippen molar-refractivity contribution in [2.24, 2.45) is 0 Å². The summed E-state index contributed by atoms with van der Waals surface area (Å²) >= 11 is 0. The molecule has 0 saturated heterocycles. The average molecular weight is 400 g/mol. The summed E-state index contributed by atoms with van der Waals surface area (Å²) in [6, 6.07) is 0. The lowest BCUT2D eigenvalue weighted by Gasteiger charge is -2.22. The zero-order valence-corrected chi connectivity index (χ0v) is 20.5. The van der Waals surface area contributed by atoms with Crippen LogP contribution in [0.4, 0.5) is 0 Å². The summed E-state index contributed by atoms with van der Waals surface area (Å²) in [6.07, 6.45) is 25.7. The van der Waals surface area contributed by atoms with Gasteiger partial charge in [0.2, 0.25) is 0 Å². The molecule has 0 fully saturated rings. The highest BCUT2D eigenvalue weighted by molar-refractivity contribution is 4.60. The first-order chi connectivity index (χ1) is 13.8. The molecule has 0 aromatic carbocycles. The van der Waals surface area contributed by atoms with Gasteiger partial charge in [-0.2, -0.15) is 0 Å². The van der Waals surface area contributed by atoms with Crippen molar-refractivity contribution in [3.63, 3.8) is 0 Å². The van der Waals surface area contributed by atoms with Crippen LogP contribution in [0.3, 0.4) is 0 Å². The van der Waals surface area contributed by atoms with Crippen LogP contribution in [0.5, 0.6) is 0 Å². The molecule has 0 radical (unpaired) electrons. The van der Waals surface area contributed by atoms with Gasteiger partial charge in [0.05, 0.1) is 0 Å². The van der Waals surface area contributed by atoms with Gasteiger partial charge in [-0.25, -0.2) is 0 Å². The first-order valence-corrected chi connectivity index (χ1v) is 13.1. The molecule has 0 aliphatic heterocycles. The third kappa shape index (κ3) is 28.1. The van der Waals surface area contributed by atoms with Crippen LogP contribution in [0.15, 0.2) is 0 Å². The van der Waals surface area contributed by atoms with Gasteiger partial charge in [0.25, 0.3) is 0 Å². The van der Waals surface area contributed by atoms with Gasteiger partial charge in [-0.15, -0.1) is 0 Å². The number of hydrogen-bond donors (Lipinski definition) is 1. The Morgan fingerprint density at radius 1 is 0.393 bits per heavy atom. The molecule has 0 spiro atoms. The van der Waals surface area contributed by atoms with Crippen molar-refractivity contribution in [3.05, 3.63) is 0 Å². The molecule has 0 rings (SSSR count). The van der Waals surface area contributed by atoms with Crippen molar-refractivity contribution in [2.75, 3.05) is 26.2 Å². The van der Waals surface area contributed by atoms with E-state index in [1.54, 1.807) is 6.92 Å². The zero-order chi connectivity index (χ0) is 21.1. The third-order valence-electron chi connectivity index (χ3n) is 5.48. The molecule has 2 heteroatoms. The Morgan fingerprint density at radius 2 is 0.607 bits per heavy atom. The van der Waals surface area contributed by atoms with Crippen LogP contribution in [-0.4, -0.2) is 36.2 Å². The molecular weight excluding hydrogens is 342 g/mol. The second-order valence-corrected chi connectivity index (χ2v) is 8.46. The van der Waals surface area contributed by atoms with Gasteiger partial charge in [-0.05, 0) is 45.8 Å². The highest BCUT2D eigenvalue weighted by Gasteiger charge is 2.05. The molecule has 0 aliphatic rings. The lowest BCUT2D eigenvalue weighted by atomic mass is 10.1. The minimum absolute atomic E-state index is 0.250. The molecule has 0 atom stereocenters. The number of unbranched alkanes of at least 4 members (excludes halogenated alkanes) is 15. The smallest absolute Gasteiger partial charge is 0.0402 e. The summed E-state index contributed by atoms with van der Waals surface area (Å²) < 4.78 is 0. The number of aliphatic hydroxyl groups excluding tert-OH is 1. The van der Waals surface area contributed by atoms with Gasteiger partial charge in [0.1, 0.15) is 0 Å². The fraction of sp³-hybridized carbons (Fsp3) is 1.00. The fourth-order valence-corrected chi connectivity index (χ4v) is 3.68. The van der Waals surface area contributed by atoms with E-state index in [9.17, 15) is 0 Å². The molecule has 0 unspecified atom stereocenters. The van der Waals surface area contributed by atoms with Crippen LogP contribution in [0.2, 0.25) is 0 Å². The van der Waals surface area contributed by atoms with Gasteiger partial charge in [-0.1, -0.05) is 117 Å². The van der Waals surface area contributed by atoms with Gasteiger partial charge in [0, 0.05) is 6.61 Å². The Hall–Kier alpha value is -0.0800. The van der Waals surface area contributed by atoms with E-state index in [0.29, 0.717) is 0 Å². The molecule has 0 heterocycles. The second-order valence-electron chi connectivity index (χ2n) is 8.46. The molecule has 0 amide bonds. The van der Waals surface area contributed by atoms with Crippen molar-refractivity contribution in [1.82, 2.24) is 4.90 Å². The van der Waals surface area contributed by atoms with E-state index in [2.05, 4.69) is 25.7 Å². The lowest BCUT2D eigenvalue weighted by molar-refractivity contribution is 0.254. The maximum absolute atomic E-state index is 7.57. The maximum Gasteiger partial charge on any atom is 0.0402 e. The van der Waals surface area contributed by atoms with Crippen molar-refractivity contribution in [2.45, 2.75) is 143 Å². The van der Waals surface area contributed by atoms with Gasteiger partial charge >= 0.3 is 0 Å². The normalized spacial score (nSPS) is 10.9. The highest BCUT2D eigenvalue weighted by atomic mass is 16.2. The number of nitrogens with zero attached hydrogens (tertiary/aromatic N) is 1. The van der Waals surface area contributed by atoms with E-state index in [-0.39, 0.29) is 6.61 Å². The first kappa shape index (κ1) is 30.1. The largest absolute Gasteiger partial charge is 0.397 e. The number of aliphatic hydroxyl groups is 1. The van der Waals surface area contributed by atoms with E-state index < -0.39 is 0 Å². The van der Waals surface area contributed by atoms with Crippen molar-refractivity contribution in [1.29, 1.82) is 0 Å². The predicted octanol–water partition coefficient (Wildman–Crippen LogP) is 8.37. The molecular formula is C26H57NO. The highest BCUT2D eigenvalue weighted by Crippen LogP contribution is 2.11. The first-order valence-electron chi connectivity index (χ1n) is 13.1. The Morgan fingerprint density at radius 3 is 0.857 bits per heavy atom. The maximum atomic E-state index is 7.57. The Kier molecular flexibility index (Phi) is 31.3. The molecule has 0 aromatic rings. The summed E-state index contributed by atoms with van der Waals surface area (Å²) in [5.41, 5.74) is 0. The number of hydrogen-bond acceptors (Lipinski definition) is 2. The van der Waals surface area contributed by atoms with Gasteiger partial charge < -0.3 is 10.0 Å². The van der Waals surface area contributed by atoms with E-state index in [1.165, 1.54) is 135 Å². The van der Waals surface area contributed by atoms with Crippen LogP contribution in [0.1, 0.15) is 143 Å².